The molecule has 2 heterocycles. The minimum Gasteiger partial charge on any atom is -0.480 e. The number of carboxylic acid groups (broad SMARTS) is 1. The molecule has 1 aliphatic rings. The van der Waals surface area contributed by atoms with Crippen LogP contribution in [-0.4, -0.2) is 124 Å². The molecule has 1 aliphatic heterocycles. The topological polar surface area (TPSA) is 214 Å². The van der Waals surface area contributed by atoms with Gasteiger partial charge in [0.1, 0.15) is 17.7 Å². The van der Waals surface area contributed by atoms with Crippen molar-refractivity contribution < 1.29 is 48.1 Å². The molecule has 0 aliphatic carbocycles. The molecule has 1 aromatic rings. The van der Waals surface area contributed by atoms with Gasteiger partial charge in [-0.15, -0.1) is 11.8 Å². The summed E-state index contributed by atoms with van der Waals surface area (Å²) in [5.41, 5.74) is 0.119. The van der Waals surface area contributed by atoms with Crippen molar-refractivity contribution in [2.75, 3.05) is 57.2 Å². The number of carboxylic acids is 1. The van der Waals surface area contributed by atoms with Crippen LogP contribution >= 0.6 is 11.8 Å². The number of hydrogen-bond donors (Lipinski definition) is 4. The Morgan fingerprint density at radius 1 is 1.06 bits per heavy atom. The first-order valence-corrected chi connectivity index (χ1v) is 15.8. The monoisotopic (exact) mass is 690 g/mol. The lowest BCUT2D eigenvalue weighted by molar-refractivity contribution is -0.148. The lowest BCUT2D eigenvalue weighted by Crippen LogP contribution is -2.42. The Morgan fingerprint density at radius 3 is 2.17 bits per heavy atom. The van der Waals surface area contributed by atoms with Crippen LogP contribution in [0.5, 0.6) is 0 Å². The van der Waals surface area contributed by atoms with Crippen LogP contribution < -0.4 is 16.0 Å². The van der Waals surface area contributed by atoms with Gasteiger partial charge >= 0.3 is 5.97 Å². The summed E-state index contributed by atoms with van der Waals surface area (Å²) in [5, 5.41) is 16.0. The zero-order valence-electron chi connectivity index (χ0n) is 27.4. The third kappa shape index (κ3) is 12.5. The maximum atomic E-state index is 12.9. The van der Waals surface area contributed by atoms with E-state index in [-0.39, 0.29) is 87.3 Å². The number of amides is 6. The van der Waals surface area contributed by atoms with E-state index < -0.39 is 39.7 Å². The van der Waals surface area contributed by atoms with Gasteiger partial charge in [0.25, 0.3) is 5.91 Å². The number of rotatable bonds is 20. The standard InChI is InChI=1S/C31H42N6O10S/c1-7-24(38)34-22-15-20(16-23(33-22)35-25(39)8-2)28(42)32-9-11-46-13-14-47-12-10-37-26(40)17-21(29(37)43)48-31(4,5)18-27(41)36(6)19(3)30(44)45/h7-8,15-16,19,21H,1-2,9-14,17-18H2,3-6H3,(H,32,42)(H,44,45)(H2,33,34,35,38,39)/t19-,21?/m0/s1. The average Bonchev–Trinajstić information content (AvgIpc) is 3.28. The van der Waals surface area contributed by atoms with Crippen molar-refractivity contribution in [1.29, 1.82) is 0 Å². The number of carbonyl (C=O) groups is 7. The van der Waals surface area contributed by atoms with E-state index in [1.807, 2.05) is 0 Å². The van der Waals surface area contributed by atoms with Gasteiger partial charge in [-0.3, -0.25) is 33.7 Å². The molecule has 0 aromatic carbocycles. The largest absolute Gasteiger partial charge is 0.480 e. The molecular weight excluding hydrogens is 648 g/mol. The summed E-state index contributed by atoms with van der Waals surface area (Å²) in [5.74, 6) is -3.77. The van der Waals surface area contributed by atoms with Crippen molar-refractivity contribution >= 4 is 64.8 Å². The van der Waals surface area contributed by atoms with Crippen LogP contribution in [0.15, 0.2) is 37.4 Å². The van der Waals surface area contributed by atoms with Gasteiger partial charge in [-0.25, -0.2) is 9.78 Å². The Hall–Kier alpha value is -4.61. The van der Waals surface area contributed by atoms with E-state index in [0.29, 0.717) is 0 Å². The number of pyridine rings is 1. The van der Waals surface area contributed by atoms with Crippen LogP contribution in [0, 0.1) is 0 Å². The zero-order chi connectivity index (χ0) is 36.0. The first-order chi connectivity index (χ1) is 22.6. The van der Waals surface area contributed by atoms with Crippen molar-refractivity contribution in [2.45, 2.75) is 49.7 Å². The Balaban J connectivity index is 1.72. The summed E-state index contributed by atoms with van der Waals surface area (Å²) in [6.45, 7) is 12.4. The Kier molecular flexibility index (Phi) is 15.4. The lowest BCUT2D eigenvalue weighted by Gasteiger charge is -2.29. The fourth-order valence-electron chi connectivity index (χ4n) is 4.24. The zero-order valence-corrected chi connectivity index (χ0v) is 28.2. The molecule has 0 radical (unpaired) electrons. The highest BCUT2D eigenvalue weighted by Crippen LogP contribution is 2.37. The number of nitrogens with one attached hydrogen (secondary N) is 3. The van der Waals surface area contributed by atoms with Crippen LogP contribution in [0.3, 0.4) is 0 Å². The highest BCUT2D eigenvalue weighted by molar-refractivity contribution is 8.02. The Labute approximate surface area is 282 Å². The van der Waals surface area contributed by atoms with Gasteiger partial charge in [-0.2, -0.15) is 0 Å². The summed E-state index contributed by atoms with van der Waals surface area (Å²) in [6, 6.07) is 1.67. The minimum atomic E-state index is -1.12. The van der Waals surface area contributed by atoms with Gasteiger partial charge in [0.15, 0.2) is 0 Å². The van der Waals surface area contributed by atoms with Crippen LogP contribution in [-0.2, 0) is 38.2 Å². The van der Waals surface area contributed by atoms with Gasteiger partial charge in [0.05, 0.1) is 38.2 Å². The summed E-state index contributed by atoms with van der Waals surface area (Å²) >= 11 is 1.21. The number of likely N-dealkylation sites (N-methyl/N-ethyl adjacent to an activating group) is 1. The normalized spacial score (nSPS) is 15.0. The Bertz CT molecular complexity index is 1380. The molecule has 1 saturated heterocycles. The number of anilines is 2. The van der Waals surface area contributed by atoms with Crippen molar-refractivity contribution in [3.05, 3.63) is 43.0 Å². The number of nitrogens with zero attached hydrogens (tertiary/aromatic N) is 3. The highest BCUT2D eigenvalue weighted by Gasteiger charge is 2.42. The highest BCUT2D eigenvalue weighted by atomic mass is 32.2. The van der Waals surface area contributed by atoms with Crippen molar-refractivity contribution in [1.82, 2.24) is 20.1 Å². The third-order valence-corrected chi connectivity index (χ3v) is 8.33. The average molecular weight is 691 g/mol. The number of aliphatic carboxylic acids is 1. The van der Waals surface area contributed by atoms with E-state index in [2.05, 4.69) is 34.1 Å². The molecule has 4 N–H and O–H groups in total. The molecule has 2 atom stereocenters. The lowest BCUT2D eigenvalue weighted by atomic mass is 10.1. The number of carbonyl (C=O) groups excluding carboxylic acids is 6. The van der Waals surface area contributed by atoms with Crippen molar-refractivity contribution in [3.8, 4) is 0 Å². The molecule has 0 saturated carbocycles. The quantitative estimate of drug-likeness (QED) is 0.0859. The summed E-state index contributed by atoms with van der Waals surface area (Å²) in [4.78, 5) is 91.5. The number of imide groups is 1. The fraction of sp³-hybridized carbons (Fsp3) is 0.484. The second kappa shape index (κ2) is 18.7. The summed E-state index contributed by atoms with van der Waals surface area (Å²) < 4.78 is 10.2. The SMILES string of the molecule is C=CC(=O)Nc1cc(C(=O)NCCOCCOCCN2C(=O)CC(SC(C)(C)CC(=O)N(C)[C@@H](C)C(=O)O)C2=O)cc(NC(=O)C=C)n1. The number of likely N-dealkylation sites (tertiary alicyclic amines) is 1. The van der Waals surface area contributed by atoms with Gasteiger partial charge in [-0.05, 0) is 31.2 Å². The Morgan fingerprint density at radius 2 is 1.62 bits per heavy atom. The maximum Gasteiger partial charge on any atom is 0.326 e. The molecule has 0 spiro atoms. The predicted octanol–water partition coefficient (Wildman–Crippen LogP) is 1.05. The number of ether oxygens (including phenoxy) is 2. The van der Waals surface area contributed by atoms with Crippen molar-refractivity contribution in [3.63, 3.8) is 0 Å². The van der Waals surface area contributed by atoms with E-state index in [4.69, 9.17) is 14.6 Å². The molecule has 6 amide bonds. The first-order valence-electron chi connectivity index (χ1n) is 14.9. The second-order valence-corrected chi connectivity index (χ2v) is 13.1. The first kappa shape index (κ1) is 39.6. The molecular formula is C31H42N6O10S. The molecule has 1 fully saturated rings. The second-order valence-electron chi connectivity index (χ2n) is 11.1. The molecule has 17 heteroatoms. The van der Waals surface area contributed by atoms with E-state index in [1.54, 1.807) is 13.8 Å². The van der Waals surface area contributed by atoms with E-state index in [1.165, 1.54) is 37.9 Å². The van der Waals surface area contributed by atoms with E-state index in [9.17, 15) is 33.6 Å². The van der Waals surface area contributed by atoms with Gasteiger partial charge in [-0.1, -0.05) is 27.0 Å². The number of hydrogen-bond acceptors (Lipinski definition) is 11. The fourth-order valence-corrected chi connectivity index (χ4v) is 5.67. The van der Waals surface area contributed by atoms with Crippen LogP contribution in [0.4, 0.5) is 11.6 Å². The summed E-state index contributed by atoms with van der Waals surface area (Å²) in [6.07, 6.45) is 2.04. The molecule has 1 aromatic heterocycles. The van der Waals surface area contributed by atoms with Crippen LogP contribution in [0.25, 0.3) is 0 Å². The molecule has 48 heavy (non-hydrogen) atoms. The third-order valence-electron chi connectivity index (χ3n) is 6.90. The van der Waals surface area contributed by atoms with Crippen molar-refractivity contribution in [2.24, 2.45) is 0 Å². The summed E-state index contributed by atoms with van der Waals surface area (Å²) in [7, 11) is 1.41. The molecule has 262 valence electrons. The smallest absolute Gasteiger partial charge is 0.326 e. The van der Waals surface area contributed by atoms with Gasteiger partial charge < -0.3 is 35.4 Å². The molecule has 0 bridgehead atoms. The molecule has 1 unspecified atom stereocenters. The van der Waals surface area contributed by atoms with Crippen LogP contribution in [0.1, 0.15) is 44.0 Å². The molecule has 16 nitrogen and oxygen atoms in total. The number of aromatic nitrogens is 1. The number of thioether (sulfide) groups is 1. The van der Waals surface area contributed by atoms with Crippen LogP contribution in [0.2, 0.25) is 0 Å². The maximum absolute atomic E-state index is 12.9. The van der Waals surface area contributed by atoms with Gasteiger partial charge in [0.2, 0.25) is 29.5 Å². The van der Waals surface area contributed by atoms with Gasteiger partial charge in [0, 0.05) is 36.7 Å². The predicted molar refractivity (Wildman–Crippen MR) is 177 cm³/mol. The van der Waals surface area contributed by atoms with E-state index >= 15 is 0 Å². The minimum absolute atomic E-state index is 0.00631. The van der Waals surface area contributed by atoms with E-state index in [0.717, 1.165) is 22.0 Å². The molecule has 2 rings (SSSR count).